The molecule has 1 aromatic rings. The summed E-state index contributed by atoms with van der Waals surface area (Å²) in [6.45, 7) is 6.90. The largest absolute Gasteiger partial charge is 0.508 e. The summed E-state index contributed by atoms with van der Waals surface area (Å²) >= 11 is 0. The summed E-state index contributed by atoms with van der Waals surface area (Å²) in [5.74, 6) is 5.00. The standard InChI is InChI=1S/C27H38O2/c1-17(28)22-10-11-23-21-9-8-19-16-18(20-6-4-5-7-25(20)29)12-14-26(19,2)24(21)13-15-27(22,23)3/h4-7,18-19,21-24,29H,8-16H2,1-3H3/t18-,19+,21-,22+,23-,24-,26-,27+/m0/s1. The number of phenols is 1. The maximum atomic E-state index is 12.3. The number of rotatable bonds is 2. The first-order valence-electron chi connectivity index (χ1n) is 12.1. The van der Waals surface area contributed by atoms with Crippen LogP contribution in [0.3, 0.4) is 0 Å². The maximum absolute atomic E-state index is 12.3. The van der Waals surface area contributed by atoms with Gasteiger partial charge in [0.05, 0.1) is 0 Å². The summed E-state index contributed by atoms with van der Waals surface area (Å²) in [5.41, 5.74) is 1.90. The van der Waals surface area contributed by atoms with Crippen molar-refractivity contribution in [2.45, 2.75) is 84.5 Å². The van der Waals surface area contributed by atoms with Gasteiger partial charge in [0, 0.05) is 5.92 Å². The maximum Gasteiger partial charge on any atom is 0.133 e. The normalized spacial score (nSPS) is 46.4. The van der Waals surface area contributed by atoms with Gasteiger partial charge in [0.15, 0.2) is 0 Å². The highest BCUT2D eigenvalue weighted by atomic mass is 16.3. The zero-order valence-corrected chi connectivity index (χ0v) is 18.5. The van der Waals surface area contributed by atoms with E-state index >= 15 is 0 Å². The number of para-hydroxylation sites is 1. The summed E-state index contributed by atoms with van der Waals surface area (Å²) in [4.78, 5) is 12.3. The average molecular weight is 395 g/mol. The molecule has 1 aromatic carbocycles. The zero-order chi connectivity index (χ0) is 20.4. The Kier molecular flexibility index (Phi) is 4.64. The van der Waals surface area contributed by atoms with Crippen LogP contribution in [-0.2, 0) is 4.79 Å². The van der Waals surface area contributed by atoms with Gasteiger partial charge < -0.3 is 5.11 Å². The topological polar surface area (TPSA) is 37.3 Å². The first kappa shape index (κ1) is 19.6. The number of carbonyl (C=O) groups is 1. The van der Waals surface area contributed by atoms with Crippen molar-refractivity contribution in [2.24, 2.45) is 40.4 Å². The lowest BCUT2D eigenvalue weighted by Gasteiger charge is -2.61. The fourth-order valence-corrected chi connectivity index (χ4v) is 9.04. The second kappa shape index (κ2) is 6.86. The van der Waals surface area contributed by atoms with Gasteiger partial charge in [-0.1, -0.05) is 32.0 Å². The number of Topliss-reactive ketones (excluding diaryl/α,β-unsaturated/α-hetero) is 1. The number of hydrogen-bond acceptors (Lipinski definition) is 2. The van der Waals surface area contributed by atoms with E-state index in [1.165, 1.54) is 56.9 Å². The average Bonchev–Trinajstić information content (AvgIpc) is 3.05. The molecule has 8 atom stereocenters. The summed E-state index contributed by atoms with van der Waals surface area (Å²) < 4.78 is 0. The minimum atomic E-state index is 0.267. The van der Waals surface area contributed by atoms with Gasteiger partial charge in [0.1, 0.15) is 11.5 Å². The molecule has 0 radical (unpaired) electrons. The molecule has 4 aliphatic carbocycles. The smallest absolute Gasteiger partial charge is 0.133 e. The van der Waals surface area contributed by atoms with Crippen molar-refractivity contribution in [3.05, 3.63) is 29.8 Å². The van der Waals surface area contributed by atoms with Crippen LogP contribution in [0.1, 0.15) is 90.0 Å². The van der Waals surface area contributed by atoms with Crippen molar-refractivity contribution in [1.29, 1.82) is 0 Å². The van der Waals surface area contributed by atoms with E-state index in [1.54, 1.807) is 0 Å². The molecule has 2 nitrogen and oxygen atoms in total. The van der Waals surface area contributed by atoms with Crippen molar-refractivity contribution in [3.63, 3.8) is 0 Å². The van der Waals surface area contributed by atoms with Crippen LogP contribution in [0.15, 0.2) is 24.3 Å². The molecule has 158 valence electrons. The minimum Gasteiger partial charge on any atom is -0.508 e. The number of carbonyl (C=O) groups excluding carboxylic acids is 1. The van der Waals surface area contributed by atoms with Crippen LogP contribution in [-0.4, -0.2) is 10.9 Å². The van der Waals surface area contributed by atoms with E-state index in [9.17, 15) is 9.90 Å². The van der Waals surface area contributed by atoms with Crippen molar-refractivity contribution in [3.8, 4) is 5.75 Å². The second-order valence-electron chi connectivity index (χ2n) is 11.5. The van der Waals surface area contributed by atoms with Crippen LogP contribution >= 0.6 is 0 Å². The Balaban J connectivity index is 1.38. The highest BCUT2D eigenvalue weighted by Gasteiger charge is 2.60. The van der Waals surface area contributed by atoms with Crippen LogP contribution < -0.4 is 0 Å². The van der Waals surface area contributed by atoms with Crippen LogP contribution in [0.25, 0.3) is 0 Å². The van der Waals surface area contributed by atoms with Gasteiger partial charge >= 0.3 is 0 Å². The molecular formula is C27H38O2. The van der Waals surface area contributed by atoms with Gasteiger partial charge in [0.2, 0.25) is 0 Å². The van der Waals surface area contributed by atoms with Crippen molar-refractivity contribution >= 4 is 5.78 Å². The highest BCUT2D eigenvalue weighted by molar-refractivity contribution is 5.79. The SMILES string of the molecule is CC(=O)[C@H]1CC[C@H]2[C@@H]3CC[C@@H]4C[C@@H](c5ccccc5O)CC[C@]4(C)[C@H]3CC[C@]12C. The van der Waals surface area contributed by atoms with E-state index in [1.807, 2.05) is 19.1 Å². The minimum absolute atomic E-state index is 0.267. The molecule has 2 heteroatoms. The lowest BCUT2D eigenvalue weighted by molar-refractivity contribution is -0.134. The number of aromatic hydroxyl groups is 1. The number of phenolic OH excluding ortho intramolecular Hbond substituents is 1. The molecule has 0 aromatic heterocycles. The molecule has 4 saturated carbocycles. The van der Waals surface area contributed by atoms with Gasteiger partial charge in [0.25, 0.3) is 0 Å². The van der Waals surface area contributed by atoms with Gasteiger partial charge in [-0.05, 0) is 117 Å². The molecule has 0 heterocycles. The number of fused-ring (bicyclic) bond motifs is 5. The van der Waals surface area contributed by atoms with Gasteiger partial charge in [-0.25, -0.2) is 0 Å². The third-order valence-corrected chi connectivity index (χ3v) is 10.5. The molecule has 0 unspecified atom stereocenters. The Bertz CT molecular complexity index is 799. The molecule has 0 spiro atoms. The third kappa shape index (κ3) is 2.84. The second-order valence-corrected chi connectivity index (χ2v) is 11.5. The lowest BCUT2D eigenvalue weighted by Crippen LogP contribution is -2.53. The third-order valence-electron chi connectivity index (χ3n) is 10.5. The van der Waals surface area contributed by atoms with Gasteiger partial charge in [-0.2, -0.15) is 0 Å². The molecule has 0 saturated heterocycles. The molecule has 0 aliphatic heterocycles. The molecule has 5 rings (SSSR count). The molecular weight excluding hydrogens is 356 g/mol. The zero-order valence-electron chi connectivity index (χ0n) is 18.5. The summed E-state index contributed by atoms with van der Waals surface area (Å²) in [7, 11) is 0. The number of hydrogen-bond donors (Lipinski definition) is 1. The Labute approximate surface area is 176 Å². The number of ketones is 1. The van der Waals surface area contributed by atoms with E-state index in [0.717, 1.165) is 30.1 Å². The first-order chi connectivity index (χ1) is 13.8. The van der Waals surface area contributed by atoms with Crippen molar-refractivity contribution in [1.82, 2.24) is 0 Å². The van der Waals surface area contributed by atoms with E-state index in [0.29, 0.717) is 28.8 Å². The van der Waals surface area contributed by atoms with Crippen LogP contribution in [0.5, 0.6) is 5.75 Å². The predicted molar refractivity (Wildman–Crippen MR) is 117 cm³/mol. The van der Waals surface area contributed by atoms with E-state index in [4.69, 9.17) is 0 Å². The van der Waals surface area contributed by atoms with Crippen LogP contribution in [0.4, 0.5) is 0 Å². The van der Waals surface area contributed by atoms with E-state index < -0.39 is 0 Å². The fraction of sp³-hybridized carbons (Fsp3) is 0.741. The Morgan fingerprint density at radius 3 is 2.41 bits per heavy atom. The van der Waals surface area contributed by atoms with Crippen molar-refractivity contribution in [2.75, 3.05) is 0 Å². The van der Waals surface area contributed by atoms with Gasteiger partial charge in [-0.15, -0.1) is 0 Å². The Morgan fingerprint density at radius 2 is 1.66 bits per heavy atom. The van der Waals surface area contributed by atoms with E-state index in [2.05, 4.69) is 26.0 Å². The molecule has 4 fully saturated rings. The Hall–Kier alpha value is -1.31. The fourth-order valence-electron chi connectivity index (χ4n) is 9.04. The lowest BCUT2D eigenvalue weighted by atomic mass is 9.44. The molecule has 0 bridgehead atoms. The van der Waals surface area contributed by atoms with E-state index in [-0.39, 0.29) is 5.41 Å². The highest BCUT2D eigenvalue weighted by Crippen LogP contribution is 2.68. The molecule has 0 amide bonds. The predicted octanol–water partition coefficient (Wildman–Crippen LogP) is 6.72. The molecule has 29 heavy (non-hydrogen) atoms. The monoisotopic (exact) mass is 394 g/mol. The summed E-state index contributed by atoms with van der Waals surface area (Å²) in [6, 6.07) is 8.01. The summed E-state index contributed by atoms with van der Waals surface area (Å²) in [6.07, 6.45) is 11.5. The Morgan fingerprint density at radius 1 is 0.931 bits per heavy atom. The summed E-state index contributed by atoms with van der Waals surface area (Å²) in [5, 5.41) is 10.4. The van der Waals surface area contributed by atoms with Crippen molar-refractivity contribution < 1.29 is 9.90 Å². The first-order valence-corrected chi connectivity index (χ1v) is 12.1. The number of benzene rings is 1. The van der Waals surface area contributed by atoms with Gasteiger partial charge in [-0.3, -0.25) is 4.79 Å². The quantitative estimate of drug-likeness (QED) is 0.604. The van der Waals surface area contributed by atoms with Crippen LogP contribution in [0, 0.1) is 40.4 Å². The molecule has 4 aliphatic rings. The van der Waals surface area contributed by atoms with Crippen LogP contribution in [0.2, 0.25) is 0 Å². The molecule has 1 N–H and O–H groups in total.